The molecule has 0 bridgehead atoms. The number of methoxy groups -OCH3 is 2. The molecule has 0 spiro atoms. The lowest BCUT2D eigenvalue weighted by atomic mass is 10.0. The zero-order valence-corrected chi connectivity index (χ0v) is 20.1. The van der Waals surface area contributed by atoms with Crippen molar-refractivity contribution in [1.29, 1.82) is 5.26 Å². The molecule has 1 aromatic carbocycles. The largest absolute Gasteiger partial charge is 0.496 e. The van der Waals surface area contributed by atoms with Gasteiger partial charge in [-0.05, 0) is 39.3 Å². The molecule has 1 aliphatic heterocycles. The topological polar surface area (TPSA) is 103 Å². The van der Waals surface area contributed by atoms with Gasteiger partial charge in [-0.25, -0.2) is 9.78 Å². The first-order valence-corrected chi connectivity index (χ1v) is 11.1. The third-order valence-corrected chi connectivity index (χ3v) is 6.18. The van der Waals surface area contributed by atoms with Crippen molar-refractivity contribution in [3.63, 3.8) is 0 Å². The van der Waals surface area contributed by atoms with Crippen molar-refractivity contribution >= 4 is 17.4 Å². The Morgan fingerprint density at radius 2 is 1.97 bits per heavy atom. The number of rotatable bonds is 5. The van der Waals surface area contributed by atoms with Gasteiger partial charge in [0.25, 0.3) is 0 Å². The fourth-order valence-corrected chi connectivity index (χ4v) is 4.66. The fourth-order valence-electron chi connectivity index (χ4n) is 4.66. The number of benzene rings is 1. The maximum absolute atomic E-state index is 11.9. The summed E-state index contributed by atoms with van der Waals surface area (Å²) in [4.78, 5) is 20.4. The monoisotopic (exact) mass is 463 g/mol. The number of hydrogen-bond donors (Lipinski definition) is 1. The highest BCUT2D eigenvalue weighted by Crippen LogP contribution is 2.36. The third-order valence-electron chi connectivity index (χ3n) is 6.18. The number of nitriles is 1. The maximum Gasteiger partial charge on any atom is 0.408 e. The average molecular weight is 464 g/mol. The van der Waals surface area contributed by atoms with Gasteiger partial charge in [-0.15, -0.1) is 0 Å². The molecule has 3 aromatic rings. The molecule has 9 heteroatoms. The lowest BCUT2D eigenvalue weighted by Gasteiger charge is -2.38. The fraction of sp³-hybridized carbons (Fsp3) is 0.400. The Kier molecular flexibility index (Phi) is 6.00. The Labute approximate surface area is 198 Å². The molecular formula is C25H29N5O4. The molecule has 0 saturated carbocycles. The molecule has 3 heterocycles. The van der Waals surface area contributed by atoms with Crippen LogP contribution in [0.5, 0.6) is 11.5 Å². The van der Waals surface area contributed by atoms with Crippen LogP contribution in [0.2, 0.25) is 0 Å². The van der Waals surface area contributed by atoms with E-state index in [1.54, 1.807) is 24.1 Å². The van der Waals surface area contributed by atoms with E-state index in [9.17, 15) is 15.2 Å². The molecule has 0 radical (unpaired) electrons. The van der Waals surface area contributed by atoms with Gasteiger partial charge in [-0.3, -0.25) is 4.90 Å². The normalized spacial score (nSPS) is 15.9. The molecule has 4 rings (SSSR count). The standard InChI is InChI=1S/C25H29N5O4/c1-25(2,3)30(24(31)32)18-7-8-28(14-18)17-6-9-29-15-20(27-23(29)11-17)19-10-16(13-26)21(33-4)12-22(19)34-5/h6,9-12,15,18H,7-8,14H2,1-5H3,(H,31,32). The van der Waals surface area contributed by atoms with Crippen molar-refractivity contribution in [2.75, 3.05) is 32.2 Å². The quantitative estimate of drug-likeness (QED) is 0.603. The number of ether oxygens (including phenoxy) is 2. The summed E-state index contributed by atoms with van der Waals surface area (Å²) in [5, 5.41) is 19.2. The summed E-state index contributed by atoms with van der Waals surface area (Å²) in [6.45, 7) is 7.17. The third kappa shape index (κ3) is 4.19. The highest BCUT2D eigenvalue weighted by Gasteiger charge is 2.37. The maximum atomic E-state index is 11.9. The number of amides is 1. The predicted molar refractivity (Wildman–Crippen MR) is 129 cm³/mol. The zero-order valence-electron chi connectivity index (χ0n) is 20.1. The Morgan fingerprint density at radius 1 is 1.24 bits per heavy atom. The number of pyridine rings is 1. The van der Waals surface area contributed by atoms with E-state index in [4.69, 9.17) is 14.5 Å². The smallest absolute Gasteiger partial charge is 0.408 e. The summed E-state index contributed by atoms with van der Waals surface area (Å²) < 4.78 is 12.7. The first-order chi connectivity index (χ1) is 16.2. The van der Waals surface area contributed by atoms with Gasteiger partial charge in [0, 0.05) is 54.4 Å². The van der Waals surface area contributed by atoms with E-state index in [2.05, 4.69) is 11.0 Å². The Bertz CT molecular complexity index is 1270. The van der Waals surface area contributed by atoms with Crippen molar-refractivity contribution in [2.24, 2.45) is 0 Å². The Hall–Kier alpha value is -3.93. The van der Waals surface area contributed by atoms with Gasteiger partial charge in [0.15, 0.2) is 0 Å². The zero-order chi connectivity index (χ0) is 24.6. The highest BCUT2D eigenvalue weighted by atomic mass is 16.5. The number of imidazole rings is 1. The molecule has 9 nitrogen and oxygen atoms in total. The highest BCUT2D eigenvalue weighted by molar-refractivity contribution is 5.74. The van der Waals surface area contributed by atoms with Crippen LogP contribution < -0.4 is 14.4 Å². The molecule has 1 fully saturated rings. The molecular weight excluding hydrogens is 434 g/mol. The molecule has 2 aromatic heterocycles. The first kappa shape index (κ1) is 23.2. The van der Waals surface area contributed by atoms with Crippen LogP contribution in [0, 0.1) is 11.3 Å². The molecule has 1 saturated heterocycles. The average Bonchev–Trinajstić information content (AvgIpc) is 3.43. The SMILES string of the molecule is COc1cc(OC)c(-c2cn3ccc(N4CCC(N(C(=O)O)C(C)(C)C)C4)cc3n2)cc1C#N. The van der Waals surface area contributed by atoms with Gasteiger partial charge < -0.3 is 23.9 Å². The van der Waals surface area contributed by atoms with Crippen molar-refractivity contribution in [3.8, 4) is 28.8 Å². The van der Waals surface area contributed by atoms with Crippen LogP contribution in [0.3, 0.4) is 0 Å². The summed E-state index contributed by atoms with van der Waals surface area (Å²) in [7, 11) is 3.09. The van der Waals surface area contributed by atoms with Crippen LogP contribution >= 0.6 is 0 Å². The number of fused-ring (bicyclic) bond motifs is 1. The Balaban J connectivity index is 1.64. The molecule has 1 atom stereocenters. The van der Waals surface area contributed by atoms with Crippen LogP contribution in [0.25, 0.3) is 16.9 Å². The van der Waals surface area contributed by atoms with E-state index < -0.39 is 11.6 Å². The van der Waals surface area contributed by atoms with Crippen LogP contribution in [0.15, 0.2) is 36.7 Å². The molecule has 1 amide bonds. The Morgan fingerprint density at radius 3 is 2.59 bits per heavy atom. The molecule has 1 N–H and O–H groups in total. The predicted octanol–water partition coefficient (Wildman–Crippen LogP) is 4.25. The number of nitrogens with zero attached hydrogens (tertiary/aromatic N) is 5. The van der Waals surface area contributed by atoms with Crippen molar-refractivity contribution in [2.45, 2.75) is 38.8 Å². The summed E-state index contributed by atoms with van der Waals surface area (Å²) in [6, 6.07) is 9.50. The molecule has 0 aliphatic carbocycles. The van der Waals surface area contributed by atoms with E-state index in [-0.39, 0.29) is 6.04 Å². The molecule has 178 valence electrons. The second-order valence-electron chi connectivity index (χ2n) is 9.35. The van der Waals surface area contributed by atoms with Crippen LogP contribution in [0.1, 0.15) is 32.8 Å². The minimum absolute atomic E-state index is 0.0722. The first-order valence-electron chi connectivity index (χ1n) is 11.1. The van der Waals surface area contributed by atoms with E-state index in [1.807, 2.05) is 49.7 Å². The lowest BCUT2D eigenvalue weighted by Crippen LogP contribution is -2.52. The van der Waals surface area contributed by atoms with Gasteiger partial charge >= 0.3 is 6.09 Å². The lowest BCUT2D eigenvalue weighted by molar-refractivity contribution is 0.0763. The molecule has 1 aliphatic rings. The second-order valence-corrected chi connectivity index (χ2v) is 9.35. The number of aromatic nitrogens is 2. The van der Waals surface area contributed by atoms with Gasteiger partial charge in [0.2, 0.25) is 0 Å². The van der Waals surface area contributed by atoms with E-state index in [0.29, 0.717) is 34.9 Å². The van der Waals surface area contributed by atoms with E-state index in [1.165, 1.54) is 7.11 Å². The van der Waals surface area contributed by atoms with Gasteiger partial charge in [0.1, 0.15) is 23.2 Å². The summed E-state index contributed by atoms with van der Waals surface area (Å²) in [5.41, 5.74) is 3.06. The number of hydrogen-bond acceptors (Lipinski definition) is 6. The van der Waals surface area contributed by atoms with E-state index in [0.717, 1.165) is 24.3 Å². The minimum Gasteiger partial charge on any atom is -0.496 e. The van der Waals surface area contributed by atoms with Crippen molar-refractivity contribution in [1.82, 2.24) is 14.3 Å². The number of anilines is 1. The second kappa shape index (κ2) is 8.78. The van der Waals surface area contributed by atoms with Crippen LogP contribution in [0.4, 0.5) is 10.5 Å². The molecule has 34 heavy (non-hydrogen) atoms. The van der Waals surface area contributed by atoms with Crippen LogP contribution in [-0.2, 0) is 0 Å². The summed E-state index contributed by atoms with van der Waals surface area (Å²) in [5.74, 6) is 1.02. The van der Waals surface area contributed by atoms with Crippen molar-refractivity contribution < 1.29 is 19.4 Å². The van der Waals surface area contributed by atoms with Gasteiger partial charge in [0.05, 0.1) is 31.5 Å². The summed E-state index contributed by atoms with van der Waals surface area (Å²) in [6.07, 6.45) is 3.71. The van der Waals surface area contributed by atoms with Crippen LogP contribution in [-0.4, -0.2) is 64.4 Å². The van der Waals surface area contributed by atoms with Gasteiger partial charge in [-0.2, -0.15) is 5.26 Å². The van der Waals surface area contributed by atoms with E-state index >= 15 is 0 Å². The number of carbonyl (C=O) groups is 1. The molecule has 1 unspecified atom stereocenters. The van der Waals surface area contributed by atoms with Gasteiger partial charge in [-0.1, -0.05) is 0 Å². The summed E-state index contributed by atoms with van der Waals surface area (Å²) >= 11 is 0. The number of carboxylic acid groups (broad SMARTS) is 1. The minimum atomic E-state index is -0.891. The van der Waals surface area contributed by atoms with Crippen molar-refractivity contribution in [3.05, 3.63) is 42.2 Å².